The zero-order valence-corrected chi connectivity index (χ0v) is 9.69. The molecule has 92 valence electrons. The van der Waals surface area contributed by atoms with Crippen LogP contribution in [0.2, 0.25) is 0 Å². The summed E-state index contributed by atoms with van der Waals surface area (Å²) in [5, 5.41) is 8.96. The van der Waals surface area contributed by atoms with Crippen molar-refractivity contribution in [3.63, 3.8) is 0 Å². The molecule has 0 aromatic heterocycles. The van der Waals surface area contributed by atoms with Gasteiger partial charge in [-0.15, -0.1) is 0 Å². The molecule has 0 bridgehead atoms. The van der Waals surface area contributed by atoms with Crippen molar-refractivity contribution in [2.75, 3.05) is 13.1 Å². The molecule has 1 aliphatic heterocycles. The van der Waals surface area contributed by atoms with E-state index in [1.54, 1.807) is 0 Å². The summed E-state index contributed by atoms with van der Waals surface area (Å²) in [4.78, 5) is 24.3. The number of hydrogen-bond acceptors (Lipinski definition) is 3. The fraction of sp³-hybridized carbons (Fsp3) is 0.818. The first-order chi connectivity index (χ1) is 7.60. The highest BCUT2D eigenvalue weighted by molar-refractivity contribution is 5.84. The van der Waals surface area contributed by atoms with Crippen LogP contribution in [0, 0.1) is 5.92 Å². The van der Waals surface area contributed by atoms with Crippen LogP contribution >= 0.6 is 0 Å². The van der Waals surface area contributed by atoms with E-state index < -0.39 is 12.0 Å². The average Bonchev–Trinajstić information content (AvgIpc) is 2.74. The van der Waals surface area contributed by atoms with Crippen molar-refractivity contribution in [3.05, 3.63) is 0 Å². The Morgan fingerprint density at radius 2 is 2.25 bits per heavy atom. The van der Waals surface area contributed by atoms with Crippen LogP contribution in [0.5, 0.6) is 0 Å². The standard InChI is InChI=1S/C11H20N2O3/c1-2-8(7-12)6-10(14)13-5-3-4-9(13)11(15)16/h8-9H,2-7,12H2,1H3,(H,15,16)/t8?,9-/m1/s1. The maximum atomic E-state index is 11.9. The van der Waals surface area contributed by atoms with Gasteiger partial charge in [-0.2, -0.15) is 0 Å². The van der Waals surface area contributed by atoms with E-state index in [0.29, 0.717) is 25.9 Å². The van der Waals surface area contributed by atoms with Crippen molar-refractivity contribution >= 4 is 11.9 Å². The molecule has 0 aromatic rings. The zero-order chi connectivity index (χ0) is 12.1. The van der Waals surface area contributed by atoms with E-state index in [9.17, 15) is 9.59 Å². The van der Waals surface area contributed by atoms with Gasteiger partial charge in [-0.3, -0.25) is 4.79 Å². The highest BCUT2D eigenvalue weighted by Crippen LogP contribution is 2.20. The summed E-state index contributed by atoms with van der Waals surface area (Å²) in [6.07, 6.45) is 2.58. The first kappa shape index (κ1) is 13.0. The van der Waals surface area contributed by atoms with Crippen LogP contribution in [-0.4, -0.2) is 41.0 Å². The quantitative estimate of drug-likeness (QED) is 0.715. The van der Waals surface area contributed by atoms with Gasteiger partial charge in [0.15, 0.2) is 0 Å². The van der Waals surface area contributed by atoms with Crippen molar-refractivity contribution in [1.29, 1.82) is 0 Å². The van der Waals surface area contributed by atoms with Crippen molar-refractivity contribution < 1.29 is 14.7 Å². The number of hydrogen-bond donors (Lipinski definition) is 2. The summed E-state index contributed by atoms with van der Waals surface area (Å²) in [6, 6.07) is -0.622. The first-order valence-electron chi connectivity index (χ1n) is 5.82. The highest BCUT2D eigenvalue weighted by Gasteiger charge is 2.34. The molecule has 1 unspecified atom stereocenters. The van der Waals surface area contributed by atoms with Gasteiger partial charge in [0.25, 0.3) is 0 Å². The number of likely N-dealkylation sites (tertiary alicyclic amines) is 1. The average molecular weight is 228 g/mol. The maximum absolute atomic E-state index is 11.9. The lowest BCUT2D eigenvalue weighted by atomic mass is 10.0. The summed E-state index contributed by atoms with van der Waals surface area (Å²) in [7, 11) is 0. The number of rotatable bonds is 5. The van der Waals surface area contributed by atoms with Gasteiger partial charge in [-0.25, -0.2) is 4.79 Å². The Labute approximate surface area is 95.6 Å². The Balaban J connectivity index is 2.56. The van der Waals surface area contributed by atoms with E-state index in [1.165, 1.54) is 4.90 Å². The lowest BCUT2D eigenvalue weighted by Crippen LogP contribution is -2.41. The normalized spacial score (nSPS) is 22.1. The van der Waals surface area contributed by atoms with Gasteiger partial charge in [-0.1, -0.05) is 13.3 Å². The van der Waals surface area contributed by atoms with Crippen LogP contribution < -0.4 is 5.73 Å². The zero-order valence-electron chi connectivity index (χ0n) is 9.69. The Kier molecular flexibility index (Phi) is 4.73. The van der Waals surface area contributed by atoms with Gasteiger partial charge in [0.05, 0.1) is 0 Å². The number of aliphatic carboxylic acids is 1. The molecule has 1 heterocycles. The van der Waals surface area contributed by atoms with Crippen molar-refractivity contribution in [1.82, 2.24) is 4.90 Å². The van der Waals surface area contributed by atoms with Gasteiger partial charge >= 0.3 is 5.97 Å². The summed E-state index contributed by atoms with van der Waals surface area (Å²) in [5.41, 5.74) is 5.54. The Morgan fingerprint density at radius 3 is 2.75 bits per heavy atom. The third-order valence-electron chi connectivity index (χ3n) is 3.23. The second-order valence-corrected chi connectivity index (χ2v) is 4.30. The maximum Gasteiger partial charge on any atom is 0.326 e. The fourth-order valence-corrected chi connectivity index (χ4v) is 2.08. The SMILES string of the molecule is CCC(CN)CC(=O)N1CCC[C@@H]1C(=O)O. The minimum Gasteiger partial charge on any atom is -0.480 e. The van der Waals surface area contributed by atoms with E-state index in [2.05, 4.69) is 0 Å². The van der Waals surface area contributed by atoms with Crippen molar-refractivity contribution in [3.8, 4) is 0 Å². The third-order valence-corrected chi connectivity index (χ3v) is 3.23. The largest absolute Gasteiger partial charge is 0.480 e. The Hall–Kier alpha value is -1.10. The van der Waals surface area contributed by atoms with Crippen LogP contribution in [0.15, 0.2) is 0 Å². The minimum atomic E-state index is -0.897. The highest BCUT2D eigenvalue weighted by atomic mass is 16.4. The molecule has 1 aliphatic rings. The number of nitrogens with zero attached hydrogens (tertiary/aromatic N) is 1. The molecule has 0 aromatic carbocycles. The number of amides is 1. The lowest BCUT2D eigenvalue weighted by molar-refractivity contribution is -0.148. The van der Waals surface area contributed by atoms with Crippen LogP contribution in [-0.2, 0) is 9.59 Å². The third kappa shape index (κ3) is 2.95. The van der Waals surface area contributed by atoms with Crippen LogP contribution in [0.4, 0.5) is 0 Å². The van der Waals surface area contributed by atoms with Gasteiger partial charge in [0.1, 0.15) is 6.04 Å². The molecule has 3 N–H and O–H groups in total. The summed E-state index contributed by atoms with van der Waals surface area (Å²) in [5.74, 6) is -0.795. The molecule has 1 fully saturated rings. The number of carbonyl (C=O) groups excluding carboxylic acids is 1. The van der Waals surface area contributed by atoms with E-state index in [0.717, 1.165) is 12.8 Å². The molecule has 5 nitrogen and oxygen atoms in total. The van der Waals surface area contributed by atoms with Gasteiger partial charge in [0, 0.05) is 13.0 Å². The van der Waals surface area contributed by atoms with Gasteiger partial charge in [-0.05, 0) is 25.3 Å². The van der Waals surface area contributed by atoms with E-state index in [4.69, 9.17) is 10.8 Å². The molecule has 16 heavy (non-hydrogen) atoms. The van der Waals surface area contributed by atoms with Gasteiger partial charge in [0.2, 0.25) is 5.91 Å². The predicted molar refractivity (Wildman–Crippen MR) is 59.8 cm³/mol. The topological polar surface area (TPSA) is 83.6 Å². The molecule has 0 spiro atoms. The molecule has 2 atom stereocenters. The summed E-state index contributed by atoms with van der Waals surface area (Å²) >= 11 is 0. The van der Waals surface area contributed by atoms with Crippen molar-refractivity contribution in [2.45, 2.75) is 38.6 Å². The van der Waals surface area contributed by atoms with Gasteiger partial charge < -0.3 is 15.7 Å². The van der Waals surface area contributed by atoms with E-state index in [-0.39, 0.29) is 11.8 Å². The molecule has 0 saturated carbocycles. The Bertz CT molecular complexity index is 264. The minimum absolute atomic E-state index is 0.0674. The number of carbonyl (C=O) groups is 2. The molecular weight excluding hydrogens is 208 g/mol. The fourth-order valence-electron chi connectivity index (χ4n) is 2.08. The summed E-state index contributed by atoms with van der Waals surface area (Å²) in [6.45, 7) is 3.04. The Morgan fingerprint density at radius 1 is 1.56 bits per heavy atom. The number of carboxylic acid groups (broad SMARTS) is 1. The molecule has 0 radical (unpaired) electrons. The molecule has 5 heteroatoms. The first-order valence-corrected chi connectivity index (χ1v) is 5.82. The summed E-state index contributed by atoms with van der Waals surface area (Å²) < 4.78 is 0. The smallest absolute Gasteiger partial charge is 0.326 e. The molecule has 1 amide bonds. The van der Waals surface area contributed by atoms with Crippen LogP contribution in [0.1, 0.15) is 32.6 Å². The molecular formula is C11H20N2O3. The van der Waals surface area contributed by atoms with Crippen LogP contribution in [0.25, 0.3) is 0 Å². The molecule has 1 rings (SSSR count). The van der Waals surface area contributed by atoms with E-state index in [1.807, 2.05) is 6.92 Å². The second-order valence-electron chi connectivity index (χ2n) is 4.30. The van der Waals surface area contributed by atoms with Crippen LogP contribution in [0.3, 0.4) is 0 Å². The molecule has 1 saturated heterocycles. The van der Waals surface area contributed by atoms with Crippen molar-refractivity contribution in [2.24, 2.45) is 11.7 Å². The monoisotopic (exact) mass is 228 g/mol. The predicted octanol–water partition coefficient (Wildman–Crippen LogP) is 0.437. The number of carboxylic acids is 1. The molecule has 0 aliphatic carbocycles. The number of nitrogens with two attached hydrogens (primary N) is 1. The lowest BCUT2D eigenvalue weighted by Gasteiger charge is -2.23. The second kappa shape index (κ2) is 5.84. The van der Waals surface area contributed by atoms with E-state index >= 15 is 0 Å².